The van der Waals surface area contributed by atoms with Crippen molar-refractivity contribution < 1.29 is 9.90 Å². The fourth-order valence-electron chi connectivity index (χ4n) is 2.94. The average Bonchev–Trinajstić information content (AvgIpc) is 2.94. The zero-order valence-electron chi connectivity index (χ0n) is 13.5. The standard InChI is InChI=1S/C18H13N3O3S/c1-9-6-10(2)20-16-13(9)14-15(25-16)17(22)21(8-19-14)12-5-3-4-11(7-12)18(23)24/h3-8H,1-2H3,(H,23,24). The van der Waals surface area contributed by atoms with Gasteiger partial charge in [-0.3, -0.25) is 9.36 Å². The third-order valence-electron chi connectivity index (χ3n) is 4.05. The maximum Gasteiger partial charge on any atom is 0.335 e. The van der Waals surface area contributed by atoms with Gasteiger partial charge in [-0.1, -0.05) is 6.07 Å². The number of hydrogen-bond acceptors (Lipinski definition) is 5. The third kappa shape index (κ3) is 2.40. The van der Waals surface area contributed by atoms with Gasteiger partial charge in [0.2, 0.25) is 0 Å². The van der Waals surface area contributed by atoms with Crippen molar-refractivity contribution in [1.29, 1.82) is 0 Å². The molecule has 7 heteroatoms. The number of aromatic nitrogens is 3. The van der Waals surface area contributed by atoms with Crippen LogP contribution in [0.1, 0.15) is 21.6 Å². The highest BCUT2D eigenvalue weighted by atomic mass is 32.1. The Morgan fingerprint density at radius 2 is 2.04 bits per heavy atom. The first-order valence-corrected chi connectivity index (χ1v) is 8.39. The first-order chi connectivity index (χ1) is 12.0. The van der Waals surface area contributed by atoms with Gasteiger partial charge in [0.1, 0.15) is 15.9 Å². The van der Waals surface area contributed by atoms with Crippen molar-refractivity contribution in [3.05, 3.63) is 63.8 Å². The Morgan fingerprint density at radius 3 is 2.80 bits per heavy atom. The Morgan fingerprint density at radius 1 is 1.24 bits per heavy atom. The third-order valence-corrected chi connectivity index (χ3v) is 5.11. The SMILES string of the molecule is Cc1cc(C)c2c(n1)sc1c(=O)n(-c3cccc(C(=O)O)c3)cnc12. The summed E-state index contributed by atoms with van der Waals surface area (Å²) in [5.41, 5.74) is 2.93. The van der Waals surface area contributed by atoms with E-state index in [1.54, 1.807) is 12.1 Å². The fourth-order valence-corrected chi connectivity index (χ4v) is 4.12. The fraction of sp³-hybridized carbons (Fsp3) is 0.111. The number of fused-ring (bicyclic) bond motifs is 3. The number of carbonyl (C=O) groups is 1. The lowest BCUT2D eigenvalue weighted by Crippen LogP contribution is -2.18. The van der Waals surface area contributed by atoms with E-state index in [2.05, 4.69) is 9.97 Å². The summed E-state index contributed by atoms with van der Waals surface area (Å²) in [6.45, 7) is 3.90. The highest BCUT2D eigenvalue weighted by Gasteiger charge is 2.16. The average molecular weight is 351 g/mol. The summed E-state index contributed by atoms with van der Waals surface area (Å²) >= 11 is 1.31. The molecule has 0 bridgehead atoms. The van der Waals surface area contributed by atoms with Gasteiger partial charge in [-0.05, 0) is 43.7 Å². The summed E-state index contributed by atoms with van der Waals surface area (Å²) in [5, 5.41) is 10.0. The second kappa shape index (κ2) is 5.49. The number of nitrogens with zero attached hydrogens (tertiary/aromatic N) is 3. The molecular formula is C18H13N3O3S. The Labute approximate surface area is 146 Å². The molecule has 6 nitrogen and oxygen atoms in total. The monoisotopic (exact) mass is 351 g/mol. The van der Waals surface area contributed by atoms with Gasteiger partial charge < -0.3 is 5.11 Å². The molecule has 0 fully saturated rings. The summed E-state index contributed by atoms with van der Waals surface area (Å²) in [5.74, 6) is -1.04. The minimum absolute atomic E-state index is 0.119. The van der Waals surface area contributed by atoms with Gasteiger partial charge in [-0.25, -0.2) is 14.8 Å². The van der Waals surface area contributed by atoms with Crippen molar-refractivity contribution in [2.24, 2.45) is 0 Å². The molecule has 0 aliphatic carbocycles. The Balaban J connectivity index is 2.02. The lowest BCUT2D eigenvalue weighted by atomic mass is 10.1. The van der Waals surface area contributed by atoms with Crippen LogP contribution in [-0.4, -0.2) is 25.6 Å². The topological polar surface area (TPSA) is 85.1 Å². The molecule has 0 aliphatic heterocycles. The molecule has 0 saturated carbocycles. The van der Waals surface area contributed by atoms with E-state index in [0.29, 0.717) is 15.9 Å². The van der Waals surface area contributed by atoms with E-state index in [1.165, 1.54) is 34.4 Å². The summed E-state index contributed by atoms with van der Waals surface area (Å²) in [4.78, 5) is 33.8. The molecule has 0 unspecified atom stereocenters. The number of aryl methyl sites for hydroxylation is 2. The maximum absolute atomic E-state index is 12.9. The number of carboxylic acids is 1. The van der Waals surface area contributed by atoms with E-state index >= 15 is 0 Å². The summed E-state index contributed by atoms with van der Waals surface area (Å²) in [7, 11) is 0. The predicted octanol–water partition coefficient (Wildman–Crippen LogP) is 3.31. The van der Waals surface area contributed by atoms with Crippen LogP contribution < -0.4 is 5.56 Å². The van der Waals surface area contributed by atoms with Crippen LogP contribution in [0.5, 0.6) is 0 Å². The zero-order valence-corrected chi connectivity index (χ0v) is 14.3. The smallest absolute Gasteiger partial charge is 0.335 e. The van der Waals surface area contributed by atoms with Crippen molar-refractivity contribution in [3.8, 4) is 5.69 Å². The molecule has 0 aliphatic rings. The largest absolute Gasteiger partial charge is 0.478 e. The van der Waals surface area contributed by atoms with Gasteiger partial charge in [-0.15, -0.1) is 11.3 Å². The Hall–Kier alpha value is -3.06. The maximum atomic E-state index is 12.9. The van der Waals surface area contributed by atoms with Gasteiger partial charge in [-0.2, -0.15) is 0 Å². The molecule has 1 aromatic carbocycles. The quantitative estimate of drug-likeness (QED) is 0.599. The molecule has 0 spiro atoms. The normalized spacial score (nSPS) is 11.3. The van der Waals surface area contributed by atoms with Crippen molar-refractivity contribution in [2.75, 3.05) is 0 Å². The second-order valence-electron chi connectivity index (χ2n) is 5.82. The van der Waals surface area contributed by atoms with Gasteiger partial charge in [0.15, 0.2) is 0 Å². The zero-order chi connectivity index (χ0) is 17.7. The molecule has 4 rings (SSSR count). The van der Waals surface area contributed by atoms with E-state index in [-0.39, 0.29) is 11.1 Å². The highest BCUT2D eigenvalue weighted by Crippen LogP contribution is 2.31. The van der Waals surface area contributed by atoms with E-state index in [0.717, 1.165) is 21.5 Å². The summed E-state index contributed by atoms with van der Waals surface area (Å²) in [6, 6.07) is 8.20. The number of rotatable bonds is 2. The van der Waals surface area contributed by atoms with Crippen LogP contribution in [0.15, 0.2) is 41.5 Å². The van der Waals surface area contributed by atoms with Crippen LogP contribution in [-0.2, 0) is 0 Å². The first kappa shape index (κ1) is 15.5. The van der Waals surface area contributed by atoms with Gasteiger partial charge in [0, 0.05) is 11.1 Å². The summed E-state index contributed by atoms with van der Waals surface area (Å²) < 4.78 is 1.88. The molecule has 25 heavy (non-hydrogen) atoms. The van der Waals surface area contributed by atoms with E-state index < -0.39 is 5.97 Å². The van der Waals surface area contributed by atoms with E-state index in [1.807, 2.05) is 19.9 Å². The molecule has 3 aromatic heterocycles. The second-order valence-corrected chi connectivity index (χ2v) is 6.81. The van der Waals surface area contributed by atoms with Crippen LogP contribution in [0.4, 0.5) is 0 Å². The number of thiophene rings is 1. The van der Waals surface area contributed by atoms with Crippen LogP contribution in [0.25, 0.3) is 26.1 Å². The van der Waals surface area contributed by atoms with Crippen molar-refractivity contribution in [2.45, 2.75) is 13.8 Å². The summed E-state index contributed by atoms with van der Waals surface area (Å²) in [6.07, 6.45) is 1.44. The predicted molar refractivity (Wildman–Crippen MR) is 97.0 cm³/mol. The molecule has 124 valence electrons. The van der Waals surface area contributed by atoms with Gasteiger partial charge in [0.25, 0.3) is 5.56 Å². The molecule has 0 atom stereocenters. The van der Waals surface area contributed by atoms with Crippen molar-refractivity contribution in [3.63, 3.8) is 0 Å². The van der Waals surface area contributed by atoms with Crippen LogP contribution in [0, 0.1) is 13.8 Å². The molecular weight excluding hydrogens is 338 g/mol. The van der Waals surface area contributed by atoms with Crippen LogP contribution >= 0.6 is 11.3 Å². The Bertz CT molecular complexity index is 1220. The first-order valence-electron chi connectivity index (χ1n) is 7.57. The molecule has 3 heterocycles. The molecule has 4 aromatic rings. The molecule has 0 radical (unpaired) electrons. The number of carboxylic acid groups (broad SMARTS) is 1. The number of benzene rings is 1. The highest BCUT2D eigenvalue weighted by molar-refractivity contribution is 7.25. The van der Waals surface area contributed by atoms with Crippen molar-refractivity contribution >= 4 is 37.7 Å². The van der Waals surface area contributed by atoms with Gasteiger partial charge in [0.05, 0.1) is 16.8 Å². The molecule has 0 amide bonds. The molecule has 0 saturated heterocycles. The number of pyridine rings is 1. The number of hydrogen-bond donors (Lipinski definition) is 1. The Kier molecular flexibility index (Phi) is 3.40. The number of aromatic carboxylic acids is 1. The van der Waals surface area contributed by atoms with Crippen LogP contribution in [0.3, 0.4) is 0 Å². The minimum Gasteiger partial charge on any atom is -0.478 e. The van der Waals surface area contributed by atoms with E-state index in [4.69, 9.17) is 5.11 Å². The van der Waals surface area contributed by atoms with E-state index in [9.17, 15) is 9.59 Å². The van der Waals surface area contributed by atoms with Crippen LogP contribution in [0.2, 0.25) is 0 Å². The minimum atomic E-state index is -1.04. The lowest BCUT2D eigenvalue weighted by Gasteiger charge is -2.06. The van der Waals surface area contributed by atoms with Crippen molar-refractivity contribution in [1.82, 2.24) is 14.5 Å². The lowest BCUT2D eigenvalue weighted by molar-refractivity contribution is 0.0697. The molecule has 1 N–H and O–H groups in total. The van der Waals surface area contributed by atoms with Gasteiger partial charge >= 0.3 is 5.97 Å².